The van der Waals surface area contributed by atoms with E-state index >= 15 is 0 Å². The number of nitrogens with zero attached hydrogens (tertiary/aromatic N) is 2. The number of carboxylic acids is 1. The second-order valence-electron chi connectivity index (χ2n) is 6.97. The number of aromatic nitrogens is 2. The van der Waals surface area contributed by atoms with E-state index in [4.69, 9.17) is 23.4 Å². The van der Waals surface area contributed by atoms with Crippen LogP contribution >= 0.6 is 11.8 Å². The summed E-state index contributed by atoms with van der Waals surface area (Å²) in [6, 6.07) is 10.3. The lowest BCUT2D eigenvalue weighted by Crippen LogP contribution is -2.06. The van der Waals surface area contributed by atoms with E-state index in [0.29, 0.717) is 34.1 Å². The van der Waals surface area contributed by atoms with Crippen molar-refractivity contribution < 1.29 is 33.3 Å². The predicted molar refractivity (Wildman–Crippen MR) is 123 cm³/mol. The molecule has 3 rings (SSSR count). The molecule has 0 saturated heterocycles. The molecular weight excluding hydrogens is 448 g/mol. The molecule has 0 aliphatic heterocycles. The van der Waals surface area contributed by atoms with Crippen molar-refractivity contribution in [3.63, 3.8) is 0 Å². The number of carbonyl (C=O) groups is 1. The predicted octanol–water partition coefficient (Wildman–Crippen LogP) is 4.77. The van der Waals surface area contributed by atoms with Gasteiger partial charge in [0.1, 0.15) is 16.4 Å². The molecule has 3 aromatic rings. The normalized spacial score (nSPS) is 11.4. The first-order valence-corrected chi connectivity index (χ1v) is 10.7. The molecule has 0 amide bonds. The summed E-state index contributed by atoms with van der Waals surface area (Å²) >= 11 is 0.842. The topological polar surface area (TPSA) is 113 Å². The van der Waals surface area contributed by atoms with Crippen LogP contribution in [-0.2, 0) is 4.79 Å². The molecule has 2 aromatic carbocycles. The highest BCUT2D eigenvalue weighted by Crippen LogP contribution is 2.34. The minimum atomic E-state index is -1.13. The van der Waals surface area contributed by atoms with Gasteiger partial charge in [0.15, 0.2) is 11.5 Å². The fourth-order valence-electron chi connectivity index (χ4n) is 2.80. The third kappa shape index (κ3) is 6.19. The first-order chi connectivity index (χ1) is 15.8. The fourth-order valence-corrected chi connectivity index (χ4v) is 3.48. The summed E-state index contributed by atoms with van der Waals surface area (Å²) < 4.78 is 27.3. The molecular formula is C23H24N2O7S. The van der Waals surface area contributed by atoms with E-state index in [9.17, 15) is 9.90 Å². The lowest BCUT2D eigenvalue weighted by Gasteiger charge is -2.13. The summed E-state index contributed by atoms with van der Waals surface area (Å²) in [5.41, 5.74) is 1.20. The van der Waals surface area contributed by atoms with Crippen molar-refractivity contribution in [3.05, 3.63) is 46.9 Å². The molecule has 0 atom stereocenters. The summed E-state index contributed by atoms with van der Waals surface area (Å²) in [5.74, 6) is 1.26. The molecule has 0 saturated carbocycles. The van der Waals surface area contributed by atoms with Crippen molar-refractivity contribution in [2.75, 3.05) is 21.3 Å². The molecule has 9 nitrogen and oxygen atoms in total. The van der Waals surface area contributed by atoms with Gasteiger partial charge in [-0.25, -0.2) is 4.79 Å². The molecule has 0 aliphatic carbocycles. The second-order valence-corrected chi connectivity index (χ2v) is 7.96. The Hall–Kier alpha value is -3.66. The monoisotopic (exact) mass is 472 g/mol. The van der Waals surface area contributed by atoms with Crippen molar-refractivity contribution in [1.82, 2.24) is 10.2 Å². The largest absolute Gasteiger partial charge is 0.497 e. The summed E-state index contributed by atoms with van der Waals surface area (Å²) in [6.45, 7) is 3.82. The molecule has 0 fully saturated rings. The van der Waals surface area contributed by atoms with Gasteiger partial charge in [-0.2, -0.15) is 0 Å². The Morgan fingerprint density at radius 3 is 2.27 bits per heavy atom. The highest BCUT2D eigenvalue weighted by atomic mass is 32.2. The third-order valence-electron chi connectivity index (χ3n) is 4.26. The fraction of sp³-hybridized carbons (Fsp3) is 0.261. The molecule has 0 aliphatic rings. The Morgan fingerprint density at radius 2 is 1.70 bits per heavy atom. The maximum atomic E-state index is 11.9. The van der Waals surface area contributed by atoms with Gasteiger partial charge in [0, 0.05) is 11.6 Å². The molecule has 0 spiro atoms. The zero-order valence-corrected chi connectivity index (χ0v) is 19.6. The summed E-state index contributed by atoms with van der Waals surface area (Å²) in [5, 5.41) is 17.7. The van der Waals surface area contributed by atoms with Crippen LogP contribution in [0.2, 0.25) is 0 Å². The zero-order chi connectivity index (χ0) is 24.0. The average molecular weight is 473 g/mol. The average Bonchev–Trinajstić information content (AvgIpc) is 3.27. The van der Waals surface area contributed by atoms with Gasteiger partial charge in [0.05, 0.1) is 27.4 Å². The standard InChI is InChI=1S/C23H24N2O7S/c1-13(2)31-18-7-6-14(8-19(18)30-5)9-20(22(26)27)33-23-25-24-21(32-23)15-10-16(28-3)12-17(11-15)29-4/h6-13H,1-5H3,(H,26,27)/b20-9-. The van der Waals surface area contributed by atoms with Gasteiger partial charge in [0.2, 0.25) is 5.89 Å². The number of aliphatic carboxylic acids is 1. The van der Waals surface area contributed by atoms with Crippen molar-refractivity contribution in [1.29, 1.82) is 0 Å². The summed E-state index contributed by atoms with van der Waals surface area (Å²) in [6.07, 6.45) is 1.47. The van der Waals surface area contributed by atoms with Crippen molar-refractivity contribution in [2.24, 2.45) is 0 Å². The molecule has 174 valence electrons. The maximum absolute atomic E-state index is 11.9. The van der Waals surface area contributed by atoms with Crippen LogP contribution in [0.1, 0.15) is 19.4 Å². The summed E-state index contributed by atoms with van der Waals surface area (Å²) in [4.78, 5) is 11.8. The number of rotatable bonds is 10. The van der Waals surface area contributed by atoms with Crippen LogP contribution in [0.25, 0.3) is 17.5 Å². The van der Waals surface area contributed by atoms with Crippen molar-refractivity contribution in [2.45, 2.75) is 25.2 Å². The van der Waals surface area contributed by atoms with Gasteiger partial charge in [-0.05, 0) is 61.5 Å². The number of benzene rings is 2. The van der Waals surface area contributed by atoms with Gasteiger partial charge in [0.25, 0.3) is 5.22 Å². The Bertz CT molecular complexity index is 1140. The van der Waals surface area contributed by atoms with E-state index in [-0.39, 0.29) is 22.1 Å². The Kier molecular flexibility index (Phi) is 7.83. The summed E-state index contributed by atoms with van der Waals surface area (Å²) in [7, 11) is 4.60. The van der Waals surface area contributed by atoms with Crippen LogP contribution in [0.3, 0.4) is 0 Å². The zero-order valence-electron chi connectivity index (χ0n) is 18.8. The SMILES string of the molecule is COc1cc(OC)cc(-c2nnc(S/C(=C\c3ccc(OC(C)C)c(OC)c3)C(=O)O)o2)c1. The van der Waals surface area contributed by atoms with Crippen LogP contribution in [0, 0.1) is 0 Å². The molecule has 1 heterocycles. The number of hydrogen-bond donors (Lipinski definition) is 1. The maximum Gasteiger partial charge on any atom is 0.342 e. The van der Waals surface area contributed by atoms with E-state index in [2.05, 4.69) is 10.2 Å². The lowest BCUT2D eigenvalue weighted by molar-refractivity contribution is -0.131. The van der Waals surface area contributed by atoms with Crippen LogP contribution < -0.4 is 18.9 Å². The van der Waals surface area contributed by atoms with Crippen LogP contribution in [-0.4, -0.2) is 48.7 Å². The highest BCUT2D eigenvalue weighted by molar-refractivity contribution is 8.03. The Morgan fingerprint density at radius 1 is 1.00 bits per heavy atom. The van der Waals surface area contributed by atoms with Gasteiger partial charge in [-0.15, -0.1) is 10.2 Å². The van der Waals surface area contributed by atoms with Gasteiger partial charge in [-0.1, -0.05) is 6.07 Å². The molecule has 0 bridgehead atoms. The third-order valence-corrected chi connectivity index (χ3v) is 5.11. The van der Waals surface area contributed by atoms with E-state index in [1.54, 1.807) is 36.4 Å². The Labute approximate surface area is 195 Å². The smallest absolute Gasteiger partial charge is 0.342 e. The number of hydrogen-bond acceptors (Lipinski definition) is 9. The molecule has 1 N–H and O–H groups in total. The number of ether oxygens (including phenoxy) is 4. The minimum absolute atomic E-state index is 0.00648. The van der Waals surface area contributed by atoms with Crippen LogP contribution in [0.5, 0.6) is 23.0 Å². The molecule has 0 unspecified atom stereocenters. The molecule has 1 aromatic heterocycles. The van der Waals surface area contributed by atoms with E-state index in [0.717, 1.165) is 11.8 Å². The first-order valence-electron chi connectivity index (χ1n) is 9.87. The van der Waals surface area contributed by atoms with Gasteiger partial charge >= 0.3 is 5.97 Å². The second kappa shape index (κ2) is 10.8. The van der Waals surface area contributed by atoms with E-state index in [1.807, 2.05) is 13.8 Å². The number of thioether (sulfide) groups is 1. The molecule has 0 radical (unpaired) electrons. The first kappa shape index (κ1) is 24.0. The van der Waals surface area contributed by atoms with Crippen molar-refractivity contribution in [3.8, 4) is 34.5 Å². The minimum Gasteiger partial charge on any atom is -0.497 e. The van der Waals surface area contributed by atoms with Crippen molar-refractivity contribution >= 4 is 23.8 Å². The lowest BCUT2D eigenvalue weighted by atomic mass is 10.2. The van der Waals surface area contributed by atoms with Gasteiger partial charge in [-0.3, -0.25) is 0 Å². The molecule has 33 heavy (non-hydrogen) atoms. The Balaban J connectivity index is 1.86. The van der Waals surface area contributed by atoms with Crippen LogP contribution in [0.15, 0.2) is 50.9 Å². The number of methoxy groups -OCH3 is 3. The van der Waals surface area contributed by atoms with E-state index in [1.165, 1.54) is 27.4 Å². The van der Waals surface area contributed by atoms with Gasteiger partial charge < -0.3 is 28.5 Å². The highest BCUT2D eigenvalue weighted by Gasteiger charge is 2.18. The van der Waals surface area contributed by atoms with Crippen LogP contribution in [0.4, 0.5) is 0 Å². The molecule has 10 heteroatoms. The number of carboxylic acid groups (broad SMARTS) is 1. The van der Waals surface area contributed by atoms with E-state index < -0.39 is 5.97 Å². The quantitative estimate of drug-likeness (QED) is 0.327.